The number of ether oxygens (including phenoxy) is 2. The van der Waals surface area contributed by atoms with Gasteiger partial charge in [0, 0.05) is 0 Å². The average molecular weight is 469 g/mol. The van der Waals surface area contributed by atoms with E-state index >= 15 is 0 Å². The van der Waals surface area contributed by atoms with Crippen LogP contribution in [0.2, 0.25) is 5.02 Å². The van der Waals surface area contributed by atoms with Gasteiger partial charge in [-0.1, -0.05) is 30.7 Å². The first kappa shape index (κ1) is 24.8. The Morgan fingerprint density at radius 3 is 2.48 bits per heavy atom. The number of rotatable bonds is 10. The Morgan fingerprint density at radius 1 is 1.19 bits per heavy atom. The largest absolute Gasteiger partial charge is 0.495 e. The third-order valence-electron chi connectivity index (χ3n) is 4.93. The van der Waals surface area contributed by atoms with Crippen LogP contribution in [0.4, 0.5) is 5.69 Å². The van der Waals surface area contributed by atoms with Gasteiger partial charge in [0.15, 0.2) is 0 Å². The van der Waals surface area contributed by atoms with E-state index in [1.807, 2.05) is 32.0 Å². The highest BCUT2D eigenvalue weighted by Gasteiger charge is 2.31. The van der Waals surface area contributed by atoms with Crippen molar-refractivity contribution in [1.29, 1.82) is 0 Å². The molecule has 0 unspecified atom stereocenters. The fourth-order valence-corrected chi connectivity index (χ4v) is 4.64. The van der Waals surface area contributed by atoms with Crippen molar-refractivity contribution < 1.29 is 22.7 Å². The summed E-state index contributed by atoms with van der Waals surface area (Å²) in [6.07, 6.45) is 1.34. The Balaban J connectivity index is 2.12. The molecule has 0 saturated heterocycles. The Hall–Kier alpha value is -2.45. The number of anilines is 1. The smallest absolute Gasteiger partial charge is 0.244 e. The van der Waals surface area contributed by atoms with Crippen molar-refractivity contribution in [3.63, 3.8) is 0 Å². The summed E-state index contributed by atoms with van der Waals surface area (Å²) in [7, 11) is -2.28. The molecule has 31 heavy (non-hydrogen) atoms. The van der Waals surface area contributed by atoms with Crippen molar-refractivity contribution in [2.45, 2.75) is 33.2 Å². The number of hydrogen-bond donors (Lipinski definition) is 1. The Kier molecular flexibility index (Phi) is 8.59. The second kappa shape index (κ2) is 10.7. The third-order valence-corrected chi connectivity index (χ3v) is 6.41. The fraction of sp³-hybridized carbons (Fsp3) is 0.409. The maximum atomic E-state index is 12.8. The van der Waals surface area contributed by atoms with Crippen LogP contribution < -0.4 is 19.1 Å². The molecule has 0 aliphatic rings. The molecule has 0 saturated carbocycles. The first-order chi connectivity index (χ1) is 14.6. The van der Waals surface area contributed by atoms with E-state index < -0.39 is 22.0 Å². The van der Waals surface area contributed by atoms with Gasteiger partial charge in [-0.2, -0.15) is 0 Å². The molecule has 2 aromatic rings. The van der Waals surface area contributed by atoms with Crippen molar-refractivity contribution in [1.82, 2.24) is 5.32 Å². The highest BCUT2D eigenvalue weighted by Crippen LogP contribution is 2.31. The van der Waals surface area contributed by atoms with Crippen LogP contribution in [0, 0.1) is 13.8 Å². The summed E-state index contributed by atoms with van der Waals surface area (Å²) in [5, 5.41) is 3.03. The molecule has 0 aliphatic carbocycles. The molecule has 0 spiro atoms. The molecule has 0 radical (unpaired) electrons. The van der Waals surface area contributed by atoms with Crippen molar-refractivity contribution in [3.8, 4) is 11.5 Å². The van der Waals surface area contributed by atoms with Crippen molar-refractivity contribution in [2.24, 2.45) is 0 Å². The van der Waals surface area contributed by atoms with Crippen molar-refractivity contribution >= 4 is 33.2 Å². The van der Waals surface area contributed by atoms with Gasteiger partial charge in [0.1, 0.15) is 24.1 Å². The normalized spacial score (nSPS) is 12.2. The average Bonchev–Trinajstić information content (AvgIpc) is 2.71. The van der Waals surface area contributed by atoms with Crippen LogP contribution in [0.5, 0.6) is 11.5 Å². The van der Waals surface area contributed by atoms with Gasteiger partial charge in [0.2, 0.25) is 15.9 Å². The predicted molar refractivity (Wildman–Crippen MR) is 124 cm³/mol. The van der Waals surface area contributed by atoms with Crippen LogP contribution in [0.15, 0.2) is 36.4 Å². The van der Waals surface area contributed by atoms with Crippen LogP contribution in [-0.2, 0) is 14.8 Å². The Bertz CT molecular complexity index is 1030. The number of amides is 1. The number of sulfonamides is 1. The van der Waals surface area contributed by atoms with E-state index in [1.165, 1.54) is 13.2 Å². The molecule has 2 rings (SSSR count). The maximum absolute atomic E-state index is 12.8. The zero-order valence-electron chi connectivity index (χ0n) is 18.4. The Labute approximate surface area is 189 Å². The quantitative estimate of drug-likeness (QED) is 0.537. The highest BCUT2D eigenvalue weighted by atomic mass is 35.5. The number of aryl methyl sites for hydroxylation is 1. The minimum Gasteiger partial charge on any atom is -0.495 e. The van der Waals surface area contributed by atoms with E-state index in [0.29, 0.717) is 11.4 Å². The number of carbonyl (C=O) groups excluding carboxylic acids is 1. The van der Waals surface area contributed by atoms with Gasteiger partial charge in [0.05, 0.1) is 30.6 Å². The minimum atomic E-state index is -3.75. The van der Waals surface area contributed by atoms with Gasteiger partial charge in [-0.15, -0.1) is 0 Å². The fourth-order valence-electron chi connectivity index (χ4n) is 3.19. The molecule has 7 nitrogen and oxygen atoms in total. The lowest BCUT2D eigenvalue weighted by molar-refractivity contribution is -0.122. The van der Waals surface area contributed by atoms with Gasteiger partial charge in [-0.25, -0.2) is 8.42 Å². The topological polar surface area (TPSA) is 84.9 Å². The molecular weight excluding hydrogens is 440 g/mol. The molecule has 1 amide bonds. The highest BCUT2D eigenvalue weighted by molar-refractivity contribution is 7.92. The van der Waals surface area contributed by atoms with Gasteiger partial charge >= 0.3 is 0 Å². The van der Waals surface area contributed by atoms with Crippen molar-refractivity contribution in [2.75, 3.05) is 30.8 Å². The first-order valence-corrected chi connectivity index (χ1v) is 12.1. The van der Waals surface area contributed by atoms with Gasteiger partial charge in [0.25, 0.3) is 0 Å². The number of nitrogens with zero attached hydrogens (tertiary/aromatic N) is 1. The predicted octanol–water partition coefficient (Wildman–Crippen LogP) is 3.71. The first-order valence-electron chi connectivity index (χ1n) is 9.89. The molecule has 9 heteroatoms. The summed E-state index contributed by atoms with van der Waals surface area (Å²) in [5.41, 5.74) is 2.45. The molecule has 0 bridgehead atoms. The number of carbonyl (C=O) groups is 1. The molecule has 2 aromatic carbocycles. The van der Waals surface area contributed by atoms with E-state index in [0.717, 1.165) is 27.4 Å². The number of nitrogens with one attached hydrogen (secondary N) is 1. The second-order valence-electron chi connectivity index (χ2n) is 7.14. The van der Waals surface area contributed by atoms with Gasteiger partial charge in [-0.3, -0.25) is 9.10 Å². The molecule has 170 valence electrons. The minimum absolute atomic E-state index is 0.240. The standard InChI is InChI=1S/C22H29ClN2O5S/c1-6-19(22(26)24-12-13-30-20-9-7-8-15(2)16(20)3)25(31(5,27)28)17-10-11-21(29-4)18(23)14-17/h7-11,14,19H,6,12-13H2,1-5H3,(H,24,26)/t19-/m0/s1. The van der Waals surface area contributed by atoms with Crippen LogP contribution in [0.1, 0.15) is 24.5 Å². The Morgan fingerprint density at radius 2 is 1.90 bits per heavy atom. The van der Waals surface area contributed by atoms with Crippen LogP contribution in [0.3, 0.4) is 0 Å². The van der Waals surface area contributed by atoms with Crippen LogP contribution in [0.25, 0.3) is 0 Å². The van der Waals surface area contributed by atoms with Crippen LogP contribution in [-0.4, -0.2) is 46.9 Å². The SMILES string of the molecule is CC[C@@H](C(=O)NCCOc1cccc(C)c1C)N(c1ccc(OC)c(Cl)c1)S(C)(=O)=O. The lowest BCUT2D eigenvalue weighted by Gasteiger charge is -2.30. The number of hydrogen-bond acceptors (Lipinski definition) is 5. The summed E-state index contributed by atoms with van der Waals surface area (Å²) in [6.45, 7) is 6.23. The molecule has 0 aliphatic heterocycles. The summed E-state index contributed by atoms with van der Waals surface area (Å²) in [4.78, 5) is 12.8. The molecule has 0 heterocycles. The molecule has 0 fully saturated rings. The molecule has 0 aromatic heterocycles. The van der Waals surface area contributed by atoms with Crippen LogP contribution >= 0.6 is 11.6 Å². The van der Waals surface area contributed by atoms with E-state index in [2.05, 4.69) is 5.32 Å². The number of halogens is 1. The molecular formula is C22H29ClN2O5S. The van der Waals surface area contributed by atoms with Gasteiger partial charge < -0.3 is 14.8 Å². The van der Waals surface area contributed by atoms with Gasteiger partial charge in [-0.05, 0) is 55.7 Å². The number of methoxy groups -OCH3 is 1. The van der Waals surface area contributed by atoms with E-state index in [9.17, 15) is 13.2 Å². The monoisotopic (exact) mass is 468 g/mol. The summed E-state index contributed by atoms with van der Waals surface area (Å²) < 4.78 is 37.0. The summed E-state index contributed by atoms with van der Waals surface area (Å²) in [6, 6.07) is 9.46. The number of benzene rings is 2. The zero-order chi connectivity index (χ0) is 23.2. The zero-order valence-corrected chi connectivity index (χ0v) is 20.0. The molecule has 1 N–H and O–H groups in total. The van der Waals surface area contributed by atoms with E-state index in [-0.39, 0.29) is 24.6 Å². The van der Waals surface area contributed by atoms with E-state index in [4.69, 9.17) is 21.1 Å². The molecule has 1 atom stereocenters. The van der Waals surface area contributed by atoms with Crippen molar-refractivity contribution in [3.05, 3.63) is 52.5 Å². The summed E-state index contributed by atoms with van der Waals surface area (Å²) in [5.74, 6) is 0.760. The third kappa shape index (κ3) is 6.27. The maximum Gasteiger partial charge on any atom is 0.244 e. The summed E-state index contributed by atoms with van der Waals surface area (Å²) >= 11 is 6.17. The lowest BCUT2D eigenvalue weighted by atomic mass is 10.1. The van der Waals surface area contributed by atoms with E-state index in [1.54, 1.807) is 19.1 Å². The lowest BCUT2D eigenvalue weighted by Crippen LogP contribution is -2.50. The second-order valence-corrected chi connectivity index (χ2v) is 9.41.